The third kappa shape index (κ3) is 2.65. The number of thiophene rings is 1. The van der Waals surface area contributed by atoms with Gasteiger partial charge in [0.1, 0.15) is 5.75 Å². The predicted molar refractivity (Wildman–Crippen MR) is 85.3 cm³/mol. The molecule has 4 heteroatoms. The Morgan fingerprint density at radius 3 is 2.28 bits per heavy atom. The standard InChI is InChI=1S/C14H14Br2OS/c1-8-6-10(7-9(2)13(8)17-3)12(16)14-11(15)4-5-18-14/h4-7,12H,1-3H3. The fraction of sp³-hybridized carbons (Fsp3) is 0.286. The van der Waals surface area contributed by atoms with Crippen LogP contribution in [-0.4, -0.2) is 7.11 Å². The summed E-state index contributed by atoms with van der Waals surface area (Å²) in [4.78, 5) is 1.51. The minimum Gasteiger partial charge on any atom is -0.496 e. The van der Waals surface area contributed by atoms with Crippen LogP contribution in [0.25, 0.3) is 0 Å². The average Bonchev–Trinajstić information content (AvgIpc) is 2.74. The third-order valence-electron chi connectivity index (χ3n) is 2.85. The lowest BCUT2D eigenvalue weighted by Crippen LogP contribution is -1.96. The molecule has 0 amide bonds. The number of hydrogen-bond acceptors (Lipinski definition) is 2. The maximum atomic E-state index is 5.40. The zero-order chi connectivity index (χ0) is 13.3. The Hall–Kier alpha value is -0.320. The van der Waals surface area contributed by atoms with E-state index in [1.165, 1.54) is 21.6 Å². The summed E-state index contributed by atoms with van der Waals surface area (Å²) in [5.41, 5.74) is 3.60. The molecule has 0 bridgehead atoms. The number of ether oxygens (including phenoxy) is 1. The zero-order valence-corrected chi connectivity index (χ0v) is 14.4. The Kier molecular flexibility index (Phi) is 4.51. The van der Waals surface area contributed by atoms with Gasteiger partial charge >= 0.3 is 0 Å². The summed E-state index contributed by atoms with van der Waals surface area (Å²) in [5, 5.41) is 2.09. The first kappa shape index (κ1) is 14.1. The van der Waals surface area contributed by atoms with Gasteiger partial charge < -0.3 is 4.74 Å². The van der Waals surface area contributed by atoms with Gasteiger partial charge in [0.05, 0.1) is 11.9 Å². The van der Waals surface area contributed by atoms with Gasteiger partial charge in [-0.3, -0.25) is 0 Å². The molecule has 1 aromatic carbocycles. The van der Waals surface area contributed by atoms with Crippen LogP contribution in [0.1, 0.15) is 26.4 Å². The van der Waals surface area contributed by atoms with Crippen molar-refractivity contribution in [3.05, 3.63) is 49.6 Å². The number of aryl methyl sites for hydroxylation is 2. The molecule has 18 heavy (non-hydrogen) atoms. The highest BCUT2D eigenvalue weighted by Crippen LogP contribution is 2.40. The van der Waals surface area contributed by atoms with Crippen molar-refractivity contribution in [2.24, 2.45) is 0 Å². The fourth-order valence-corrected chi connectivity index (χ4v) is 4.83. The molecule has 96 valence electrons. The second-order valence-corrected chi connectivity index (χ2v) is 6.90. The van der Waals surface area contributed by atoms with E-state index >= 15 is 0 Å². The summed E-state index contributed by atoms with van der Waals surface area (Å²) in [6.45, 7) is 4.16. The Labute approximate surface area is 128 Å². The van der Waals surface area contributed by atoms with E-state index in [0.717, 1.165) is 10.2 Å². The van der Waals surface area contributed by atoms with Crippen LogP contribution in [0.15, 0.2) is 28.1 Å². The van der Waals surface area contributed by atoms with Crippen molar-refractivity contribution in [2.75, 3.05) is 7.11 Å². The van der Waals surface area contributed by atoms with Crippen LogP contribution in [0.5, 0.6) is 5.75 Å². The van der Waals surface area contributed by atoms with Crippen molar-refractivity contribution in [3.8, 4) is 5.75 Å². The molecular weight excluding hydrogens is 376 g/mol. The number of methoxy groups -OCH3 is 1. The third-order valence-corrected chi connectivity index (χ3v) is 6.08. The SMILES string of the molecule is COc1c(C)cc(C(Br)c2sccc2Br)cc1C. The van der Waals surface area contributed by atoms with Crippen LogP contribution in [0.3, 0.4) is 0 Å². The van der Waals surface area contributed by atoms with Gasteiger partial charge in [-0.05, 0) is 57.9 Å². The van der Waals surface area contributed by atoms with Gasteiger partial charge in [0.25, 0.3) is 0 Å². The number of alkyl halides is 1. The Bertz CT molecular complexity index is 540. The minimum atomic E-state index is 0.218. The van der Waals surface area contributed by atoms with Crippen molar-refractivity contribution >= 4 is 43.2 Å². The molecule has 0 N–H and O–H groups in total. The van der Waals surface area contributed by atoms with Crippen molar-refractivity contribution in [3.63, 3.8) is 0 Å². The van der Waals surface area contributed by atoms with Gasteiger partial charge in [-0.25, -0.2) is 0 Å². The molecule has 2 rings (SSSR count). The van der Waals surface area contributed by atoms with E-state index in [1.54, 1.807) is 18.4 Å². The monoisotopic (exact) mass is 388 g/mol. The van der Waals surface area contributed by atoms with E-state index in [4.69, 9.17) is 4.74 Å². The molecule has 1 unspecified atom stereocenters. The second-order valence-electron chi connectivity index (χ2n) is 4.18. The average molecular weight is 390 g/mol. The first-order valence-corrected chi connectivity index (χ1v) is 8.15. The molecule has 0 saturated carbocycles. The molecule has 2 aromatic rings. The molecule has 0 aliphatic carbocycles. The highest BCUT2D eigenvalue weighted by molar-refractivity contribution is 9.11. The lowest BCUT2D eigenvalue weighted by atomic mass is 10.0. The molecule has 0 aliphatic heterocycles. The molecule has 1 nitrogen and oxygen atoms in total. The Balaban J connectivity index is 2.43. The van der Waals surface area contributed by atoms with E-state index in [1.807, 2.05) is 0 Å². The zero-order valence-electron chi connectivity index (χ0n) is 10.5. The van der Waals surface area contributed by atoms with Crippen molar-refractivity contribution in [1.29, 1.82) is 0 Å². The molecular formula is C14H14Br2OS. The van der Waals surface area contributed by atoms with Crippen molar-refractivity contribution in [1.82, 2.24) is 0 Å². The number of benzene rings is 1. The molecule has 1 aromatic heterocycles. The molecule has 0 saturated heterocycles. The highest BCUT2D eigenvalue weighted by atomic mass is 79.9. The van der Waals surface area contributed by atoms with Crippen molar-refractivity contribution < 1.29 is 4.74 Å². The summed E-state index contributed by atoms with van der Waals surface area (Å²) in [6.07, 6.45) is 0. The number of rotatable bonds is 3. The smallest absolute Gasteiger partial charge is 0.124 e. The lowest BCUT2D eigenvalue weighted by molar-refractivity contribution is 0.408. The number of hydrogen-bond donors (Lipinski definition) is 0. The quantitative estimate of drug-likeness (QED) is 0.619. The summed E-state index contributed by atoms with van der Waals surface area (Å²) in [7, 11) is 1.72. The molecule has 1 heterocycles. The minimum absolute atomic E-state index is 0.218. The Morgan fingerprint density at radius 2 is 1.83 bits per heavy atom. The maximum Gasteiger partial charge on any atom is 0.124 e. The summed E-state index contributed by atoms with van der Waals surface area (Å²) in [6, 6.07) is 6.44. The first-order chi connectivity index (χ1) is 8.54. The predicted octanol–water partition coefficient (Wildman–Crippen LogP) is 5.62. The molecule has 1 atom stereocenters. The maximum absolute atomic E-state index is 5.40. The van der Waals surface area contributed by atoms with Gasteiger partial charge in [-0.15, -0.1) is 11.3 Å². The van der Waals surface area contributed by atoms with E-state index in [0.29, 0.717) is 0 Å². The normalized spacial score (nSPS) is 12.5. The Morgan fingerprint density at radius 1 is 1.22 bits per heavy atom. The first-order valence-electron chi connectivity index (χ1n) is 5.56. The van der Waals surface area contributed by atoms with Gasteiger partial charge in [0.15, 0.2) is 0 Å². The summed E-state index contributed by atoms with van der Waals surface area (Å²) < 4.78 is 6.56. The second kappa shape index (κ2) is 5.76. The lowest BCUT2D eigenvalue weighted by Gasteiger charge is -2.15. The van der Waals surface area contributed by atoms with Gasteiger partial charge in [0.2, 0.25) is 0 Å². The molecule has 0 aliphatic rings. The number of halogens is 2. The van der Waals surface area contributed by atoms with Crippen LogP contribution in [0.4, 0.5) is 0 Å². The van der Waals surface area contributed by atoms with Crippen LogP contribution in [0, 0.1) is 13.8 Å². The topological polar surface area (TPSA) is 9.23 Å². The summed E-state index contributed by atoms with van der Waals surface area (Å²) >= 11 is 9.11. The van der Waals surface area contributed by atoms with Crippen LogP contribution >= 0.6 is 43.2 Å². The summed E-state index contributed by atoms with van der Waals surface area (Å²) in [5.74, 6) is 0.976. The van der Waals surface area contributed by atoms with E-state index in [2.05, 4.69) is 69.3 Å². The van der Waals surface area contributed by atoms with E-state index in [-0.39, 0.29) is 4.83 Å². The van der Waals surface area contributed by atoms with E-state index in [9.17, 15) is 0 Å². The van der Waals surface area contributed by atoms with Crippen LogP contribution in [-0.2, 0) is 0 Å². The van der Waals surface area contributed by atoms with Gasteiger partial charge in [-0.2, -0.15) is 0 Å². The highest BCUT2D eigenvalue weighted by Gasteiger charge is 2.17. The molecule has 0 radical (unpaired) electrons. The largest absolute Gasteiger partial charge is 0.496 e. The van der Waals surface area contributed by atoms with Gasteiger partial charge in [0, 0.05) is 9.35 Å². The van der Waals surface area contributed by atoms with Gasteiger partial charge in [-0.1, -0.05) is 28.1 Å². The molecule has 0 fully saturated rings. The van der Waals surface area contributed by atoms with Crippen LogP contribution in [0.2, 0.25) is 0 Å². The van der Waals surface area contributed by atoms with Crippen LogP contribution < -0.4 is 4.74 Å². The van der Waals surface area contributed by atoms with Crippen molar-refractivity contribution in [2.45, 2.75) is 18.7 Å². The van der Waals surface area contributed by atoms with E-state index < -0.39 is 0 Å². The molecule has 0 spiro atoms. The fourth-order valence-electron chi connectivity index (χ4n) is 2.09.